The van der Waals surface area contributed by atoms with E-state index in [0.29, 0.717) is 0 Å². The van der Waals surface area contributed by atoms with Gasteiger partial charge in [-0.1, -0.05) is 0 Å². The minimum Gasteiger partial charge on any atom is -0.412 e. The fraction of sp³-hybridized carbons (Fsp3) is 0. The quantitative estimate of drug-likeness (QED) is 0.253. The van der Waals surface area contributed by atoms with Crippen molar-refractivity contribution in [1.82, 2.24) is 0 Å². The van der Waals surface area contributed by atoms with E-state index in [2.05, 4.69) is 0 Å². The molecule has 0 unspecified atom stereocenters. The third kappa shape index (κ3) is 699. The monoisotopic (exact) mass is 179 g/mol. The van der Waals surface area contributed by atoms with Gasteiger partial charge in [-0.15, -0.1) is 0 Å². The van der Waals surface area contributed by atoms with Crippen LogP contribution in [0.2, 0.25) is 0 Å². The first-order valence-electron chi connectivity index (χ1n) is 0.783. The normalized spacial score (nSPS) is 6.56. The Kier molecular flexibility index (Phi) is 42.4. The van der Waals surface area contributed by atoms with Crippen molar-refractivity contribution >= 4 is 30.9 Å². The Balaban J connectivity index is -0.00000000800. The fourth-order valence-corrected chi connectivity index (χ4v) is 0. The van der Waals surface area contributed by atoms with Crippen LogP contribution in [0.4, 0.5) is 0 Å². The molecule has 9 heavy (non-hydrogen) atoms. The highest BCUT2D eigenvalue weighted by Gasteiger charge is 2.00. The van der Waals surface area contributed by atoms with Gasteiger partial charge in [0.15, 0.2) is 0 Å². The highest BCUT2D eigenvalue weighted by atomic mass is 31.2. The fourth-order valence-electron chi connectivity index (χ4n) is 0. The average Bonchev–Trinajstić information content (AvgIpc) is 0.722. The summed E-state index contributed by atoms with van der Waals surface area (Å²) in [6, 6.07) is 0. The van der Waals surface area contributed by atoms with Crippen molar-refractivity contribution in [3.05, 3.63) is 0 Å². The molecule has 60 valence electrons. The number of phosphoric acid groups is 1. The van der Waals surface area contributed by atoms with Gasteiger partial charge in [0.25, 0.3) is 0 Å². The van der Waals surface area contributed by atoms with Gasteiger partial charge in [-0.25, -0.2) is 4.57 Å². The van der Waals surface area contributed by atoms with Gasteiger partial charge in [0.1, 0.15) is 0 Å². The Hall–Kier alpha value is 0.756. The van der Waals surface area contributed by atoms with Gasteiger partial charge >= 0.3 is 32.3 Å². The minimum atomic E-state index is -4.64. The van der Waals surface area contributed by atoms with Crippen molar-refractivity contribution in [3.8, 4) is 0 Å². The van der Waals surface area contributed by atoms with Crippen LogP contribution in [0.3, 0.4) is 0 Å². The van der Waals surface area contributed by atoms with Gasteiger partial charge < -0.3 is 31.1 Å². The summed E-state index contributed by atoms with van der Waals surface area (Å²) >= 11 is 0. The summed E-state index contributed by atoms with van der Waals surface area (Å²) in [6.45, 7) is 0. The zero-order valence-corrected chi connectivity index (χ0v) is 4.59. The van der Waals surface area contributed by atoms with Crippen molar-refractivity contribution < 1.29 is 37.1 Å². The van der Waals surface area contributed by atoms with Crippen molar-refractivity contribution in [3.63, 3.8) is 0 Å². The van der Waals surface area contributed by atoms with E-state index >= 15 is 0 Å². The van der Waals surface area contributed by atoms with E-state index in [4.69, 9.17) is 19.2 Å². The minimum absolute atomic E-state index is 0. The van der Waals surface area contributed by atoms with E-state index in [9.17, 15) is 0 Å². The van der Waals surface area contributed by atoms with Gasteiger partial charge in [-0.3, -0.25) is 0 Å². The van der Waals surface area contributed by atoms with Crippen molar-refractivity contribution in [1.29, 1.82) is 0 Å². The molecule has 0 rings (SSSR count). The van der Waals surface area contributed by atoms with Crippen molar-refractivity contribution in [2.75, 3.05) is 0 Å². The van der Waals surface area contributed by atoms with Gasteiger partial charge in [-0.05, 0) is 0 Å². The highest BCUT2D eigenvalue weighted by Crippen LogP contribution is 2.25. The average molecular weight is 179 g/mol. The molecule has 0 heterocycles. The molecule has 0 aromatic heterocycles. The summed E-state index contributed by atoms with van der Waals surface area (Å²) in [5.41, 5.74) is 0. The standard InChI is InChI=1S/Mg.H3O4P.3H2O.2H/c;1-5(2,3)4;;;;;/h;(H3,1,2,3,4);3*1H2;;/p+1. The molecule has 0 amide bonds. The molecule has 0 aliphatic carbocycles. The number of hydrogen-bond acceptors (Lipinski definition) is 1. The van der Waals surface area contributed by atoms with E-state index in [1.165, 1.54) is 0 Å². The van der Waals surface area contributed by atoms with Gasteiger partial charge in [0.05, 0.1) is 0 Å². The van der Waals surface area contributed by atoms with Crippen LogP contribution in [0.15, 0.2) is 0 Å². The zero-order chi connectivity index (χ0) is 4.50. The number of hydrogen-bond donors (Lipinski definition) is 3. The molecular weight excluding hydrogens is 167 g/mol. The third-order valence-electron chi connectivity index (χ3n) is 0. The molecule has 0 saturated carbocycles. The van der Waals surface area contributed by atoms with E-state index in [0.717, 1.165) is 0 Å². The van der Waals surface area contributed by atoms with E-state index in [1.54, 1.807) is 0 Å². The van der Waals surface area contributed by atoms with Crippen LogP contribution >= 0.6 is 7.82 Å². The summed E-state index contributed by atoms with van der Waals surface area (Å²) in [4.78, 5) is 21.6. The first-order valence-corrected chi connectivity index (χ1v) is 2.35. The molecule has 0 aliphatic rings. The smallest absolute Gasteiger partial charge is 0.412 e. The highest BCUT2D eigenvalue weighted by molar-refractivity contribution is 7.45. The molecule has 0 aromatic rings. The molecule has 0 bridgehead atoms. The topological polar surface area (TPSA) is 172 Å². The lowest BCUT2D eigenvalue weighted by molar-refractivity contribution is 0.275. The van der Waals surface area contributed by atoms with Gasteiger partial charge in [0.2, 0.25) is 0 Å². The van der Waals surface area contributed by atoms with Crippen molar-refractivity contribution in [2.24, 2.45) is 0 Å². The lowest BCUT2D eigenvalue weighted by Crippen LogP contribution is -1.66. The largest absolute Gasteiger partial charge is 1.00 e. The number of rotatable bonds is 0. The Morgan fingerprint density at radius 2 is 1.00 bits per heavy atom. The van der Waals surface area contributed by atoms with E-state index in [-0.39, 0.29) is 40.9 Å². The SMILES string of the molecule is O.O.O.O=P(O)(O)O.[H+].[MgH2]. The zero-order valence-electron chi connectivity index (χ0n) is 4.70. The van der Waals surface area contributed by atoms with Crippen LogP contribution in [-0.2, 0) is 4.57 Å². The van der Waals surface area contributed by atoms with E-state index < -0.39 is 7.82 Å². The maximum Gasteiger partial charge on any atom is 1.00 e. The second-order valence-electron chi connectivity index (χ2n) is 0.513. The second kappa shape index (κ2) is 11.5. The molecule has 7 nitrogen and oxygen atoms in total. The molecule has 0 saturated heterocycles. The summed E-state index contributed by atoms with van der Waals surface area (Å²) in [7, 11) is -4.64. The summed E-state index contributed by atoms with van der Waals surface area (Å²) in [5.74, 6) is 0. The summed E-state index contributed by atoms with van der Waals surface area (Å²) in [5, 5.41) is 0. The van der Waals surface area contributed by atoms with E-state index in [1.807, 2.05) is 0 Å². The molecule has 9 heteroatoms. The lowest BCUT2D eigenvalue weighted by atomic mass is 15.8. The molecule has 0 fully saturated rings. The predicted molar refractivity (Wildman–Crippen MR) is 34.8 cm³/mol. The molecule has 0 aromatic carbocycles. The summed E-state index contributed by atoms with van der Waals surface area (Å²) in [6.07, 6.45) is 0. The molecule has 0 radical (unpaired) electrons. The first kappa shape index (κ1) is 33.1. The maximum absolute atomic E-state index is 8.88. The maximum atomic E-state index is 8.88. The molecular formula is H12MgO7P+. The van der Waals surface area contributed by atoms with Crippen LogP contribution in [0.25, 0.3) is 0 Å². The van der Waals surface area contributed by atoms with Gasteiger partial charge in [0, 0.05) is 0 Å². The van der Waals surface area contributed by atoms with Crippen LogP contribution in [-0.4, -0.2) is 54.2 Å². The third-order valence-corrected chi connectivity index (χ3v) is 0. The lowest BCUT2D eigenvalue weighted by Gasteiger charge is -1.82. The predicted octanol–water partition coefficient (Wildman–Crippen LogP) is -4.21. The molecule has 0 atom stereocenters. The Bertz CT molecular complexity index is 59.7. The van der Waals surface area contributed by atoms with Crippen LogP contribution in [0.1, 0.15) is 1.43 Å². The molecule has 0 aliphatic heterocycles. The Morgan fingerprint density at radius 3 is 1.00 bits per heavy atom. The molecule has 0 spiro atoms. The Labute approximate surface area is 68.5 Å². The van der Waals surface area contributed by atoms with Crippen LogP contribution in [0.5, 0.6) is 0 Å². The second-order valence-corrected chi connectivity index (χ2v) is 1.54. The van der Waals surface area contributed by atoms with Crippen molar-refractivity contribution in [2.45, 2.75) is 0 Å². The van der Waals surface area contributed by atoms with Crippen LogP contribution in [0, 0.1) is 0 Å². The molecule has 9 N–H and O–H groups in total. The van der Waals surface area contributed by atoms with Gasteiger partial charge in [-0.2, -0.15) is 0 Å². The Morgan fingerprint density at radius 1 is 1.00 bits per heavy atom. The first-order chi connectivity index (χ1) is 2.00. The van der Waals surface area contributed by atoms with Crippen LogP contribution < -0.4 is 0 Å². The summed E-state index contributed by atoms with van der Waals surface area (Å²) < 4.78 is 8.88.